The Morgan fingerprint density at radius 1 is 1.00 bits per heavy atom. The van der Waals surface area contributed by atoms with Gasteiger partial charge in [-0.1, -0.05) is 0 Å². The molecule has 0 fully saturated rings. The van der Waals surface area contributed by atoms with E-state index in [9.17, 15) is 4.79 Å². The predicted octanol–water partition coefficient (Wildman–Crippen LogP) is 3.50. The van der Waals surface area contributed by atoms with Crippen molar-refractivity contribution in [1.29, 1.82) is 0 Å². The average molecular weight is 292 g/mol. The molecular formula is C14H28O6. The van der Waals surface area contributed by atoms with Crippen LogP contribution in [0.2, 0.25) is 0 Å². The van der Waals surface area contributed by atoms with Gasteiger partial charge in [0.2, 0.25) is 0 Å². The van der Waals surface area contributed by atoms with Gasteiger partial charge in [-0.3, -0.25) is 4.89 Å². The maximum absolute atomic E-state index is 11.3. The molecule has 0 aliphatic heterocycles. The molecule has 0 N–H and O–H groups in total. The summed E-state index contributed by atoms with van der Waals surface area (Å²) in [6.45, 7) is 13.0. The predicted molar refractivity (Wildman–Crippen MR) is 73.3 cm³/mol. The molecule has 0 aliphatic carbocycles. The molecular weight excluding hydrogens is 264 g/mol. The van der Waals surface area contributed by atoms with Gasteiger partial charge >= 0.3 is 5.97 Å². The molecule has 0 amide bonds. The monoisotopic (exact) mass is 292 g/mol. The molecule has 0 radical (unpaired) electrons. The normalized spacial score (nSPS) is 14.2. The summed E-state index contributed by atoms with van der Waals surface area (Å²) in [6, 6.07) is 0. The van der Waals surface area contributed by atoms with E-state index in [-0.39, 0.29) is 18.1 Å². The van der Waals surface area contributed by atoms with Crippen LogP contribution in [0.4, 0.5) is 0 Å². The minimum atomic E-state index is -0.521. The lowest BCUT2D eigenvalue weighted by Crippen LogP contribution is -2.23. The molecule has 0 spiro atoms. The zero-order chi connectivity index (χ0) is 15.8. The summed E-state index contributed by atoms with van der Waals surface area (Å²) >= 11 is 0. The molecule has 6 nitrogen and oxygen atoms in total. The minimum Gasteiger partial charge on any atom is -0.269 e. The van der Waals surface area contributed by atoms with Crippen LogP contribution < -0.4 is 0 Å². The van der Waals surface area contributed by atoms with Crippen molar-refractivity contribution in [2.75, 3.05) is 0 Å². The molecule has 0 aliphatic rings. The van der Waals surface area contributed by atoms with Gasteiger partial charge in [-0.05, 0) is 66.3 Å². The van der Waals surface area contributed by atoms with Crippen molar-refractivity contribution >= 4 is 5.97 Å². The Kier molecular flexibility index (Phi) is 8.27. The first-order chi connectivity index (χ1) is 8.99. The Morgan fingerprint density at radius 3 is 2.05 bits per heavy atom. The van der Waals surface area contributed by atoms with Gasteiger partial charge in [0.25, 0.3) is 0 Å². The third-order valence-corrected chi connectivity index (χ3v) is 1.86. The zero-order valence-electron chi connectivity index (χ0n) is 13.6. The van der Waals surface area contributed by atoms with Crippen molar-refractivity contribution < 1.29 is 29.4 Å². The number of carbonyl (C=O) groups excluding carboxylic acids is 1. The summed E-state index contributed by atoms with van der Waals surface area (Å²) < 4.78 is 0. The Bertz CT molecular complexity index is 276. The molecule has 6 heteroatoms. The molecule has 0 aromatic rings. The fourth-order valence-corrected chi connectivity index (χ4v) is 1.01. The van der Waals surface area contributed by atoms with Gasteiger partial charge in [-0.25, -0.2) is 14.6 Å². The van der Waals surface area contributed by atoms with E-state index in [1.54, 1.807) is 20.8 Å². The van der Waals surface area contributed by atoms with Crippen LogP contribution >= 0.6 is 0 Å². The summed E-state index contributed by atoms with van der Waals surface area (Å²) in [6.07, 6.45) is 1.45. The van der Waals surface area contributed by atoms with Crippen molar-refractivity contribution in [3.63, 3.8) is 0 Å². The van der Waals surface area contributed by atoms with Crippen LogP contribution in [0, 0.1) is 0 Å². The molecule has 0 heterocycles. The first kappa shape index (κ1) is 19.3. The van der Waals surface area contributed by atoms with Crippen LogP contribution in [-0.4, -0.2) is 23.3 Å². The SMILES string of the molecule is CC(CCCC(=O)OOOC(C)(C)C)OOC(C)(C)C. The van der Waals surface area contributed by atoms with Crippen molar-refractivity contribution in [3.8, 4) is 0 Å². The molecule has 0 saturated carbocycles. The molecule has 0 aromatic heterocycles. The molecule has 1 unspecified atom stereocenters. The summed E-state index contributed by atoms with van der Waals surface area (Å²) in [7, 11) is 0. The Morgan fingerprint density at radius 2 is 1.55 bits per heavy atom. The van der Waals surface area contributed by atoms with Crippen molar-refractivity contribution in [3.05, 3.63) is 0 Å². The van der Waals surface area contributed by atoms with Gasteiger partial charge in [0.15, 0.2) is 0 Å². The summed E-state index contributed by atoms with van der Waals surface area (Å²) in [5.74, 6) is -0.474. The lowest BCUT2D eigenvalue weighted by molar-refractivity contribution is -0.514. The standard InChI is InChI=1S/C14H28O6/c1-11(16-18-13(2,3)4)9-8-10-12(15)17-20-19-14(5,6)7/h11H,8-10H2,1-7H3. The molecule has 0 saturated heterocycles. The van der Waals surface area contributed by atoms with Gasteiger partial charge < -0.3 is 0 Å². The van der Waals surface area contributed by atoms with E-state index in [1.807, 2.05) is 27.7 Å². The highest BCUT2D eigenvalue weighted by Gasteiger charge is 2.16. The second kappa shape index (κ2) is 8.56. The van der Waals surface area contributed by atoms with Gasteiger partial charge in [-0.2, -0.15) is 4.89 Å². The maximum Gasteiger partial charge on any atom is 0.345 e. The van der Waals surface area contributed by atoms with Gasteiger partial charge in [0.1, 0.15) is 0 Å². The van der Waals surface area contributed by atoms with Crippen molar-refractivity contribution in [2.24, 2.45) is 0 Å². The Labute approximate surface area is 121 Å². The van der Waals surface area contributed by atoms with Crippen LogP contribution in [0.25, 0.3) is 0 Å². The molecule has 0 bridgehead atoms. The second-order valence-electron chi connectivity index (χ2n) is 6.71. The summed E-state index contributed by atoms with van der Waals surface area (Å²) in [4.78, 5) is 31.0. The number of rotatable bonds is 8. The topological polar surface area (TPSA) is 63.2 Å². The van der Waals surface area contributed by atoms with E-state index < -0.39 is 11.6 Å². The Balaban J connectivity index is 3.61. The van der Waals surface area contributed by atoms with Gasteiger partial charge in [0.05, 0.1) is 17.3 Å². The van der Waals surface area contributed by atoms with Crippen LogP contribution in [0.1, 0.15) is 67.7 Å². The molecule has 1 atom stereocenters. The molecule has 0 rings (SSSR count). The van der Waals surface area contributed by atoms with E-state index in [0.717, 1.165) is 0 Å². The highest BCUT2D eigenvalue weighted by molar-refractivity contribution is 5.68. The maximum atomic E-state index is 11.3. The van der Waals surface area contributed by atoms with Crippen LogP contribution in [0.15, 0.2) is 0 Å². The highest BCUT2D eigenvalue weighted by Crippen LogP contribution is 2.13. The molecule has 20 heavy (non-hydrogen) atoms. The van der Waals surface area contributed by atoms with E-state index in [2.05, 4.69) is 9.93 Å². The van der Waals surface area contributed by atoms with E-state index in [0.29, 0.717) is 12.8 Å². The zero-order valence-corrected chi connectivity index (χ0v) is 13.6. The number of hydrogen-bond donors (Lipinski definition) is 0. The van der Waals surface area contributed by atoms with Crippen LogP contribution in [0.3, 0.4) is 0 Å². The van der Waals surface area contributed by atoms with Crippen LogP contribution in [0.5, 0.6) is 0 Å². The third kappa shape index (κ3) is 13.7. The smallest absolute Gasteiger partial charge is 0.269 e. The van der Waals surface area contributed by atoms with Gasteiger partial charge in [-0.15, -0.1) is 0 Å². The average Bonchev–Trinajstić information content (AvgIpc) is 2.23. The van der Waals surface area contributed by atoms with E-state index in [1.165, 1.54) is 0 Å². The Hall–Kier alpha value is -0.690. The summed E-state index contributed by atoms with van der Waals surface area (Å²) in [5.41, 5.74) is -0.863. The largest absolute Gasteiger partial charge is 0.345 e. The number of carbonyl (C=O) groups is 1. The molecule has 0 aromatic carbocycles. The van der Waals surface area contributed by atoms with E-state index in [4.69, 9.17) is 14.7 Å². The second-order valence-corrected chi connectivity index (χ2v) is 6.71. The van der Waals surface area contributed by atoms with E-state index >= 15 is 0 Å². The lowest BCUT2D eigenvalue weighted by atomic mass is 10.2. The van der Waals surface area contributed by atoms with Crippen molar-refractivity contribution in [2.45, 2.75) is 85.0 Å². The first-order valence-corrected chi connectivity index (χ1v) is 6.89. The minimum absolute atomic E-state index is 0.0891. The third-order valence-electron chi connectivity index (χ3n) is 1.86. The quantitative estimate of drug-likeness (QED) is 0.504. The fraction of sp³-hybridized carbons (Fsp3) is 0.929. The first-order valence-electron chi connectivity index (χ1n) is 6.89. The summed E-state index contributed by atoms with van der Waals surface area (Å²) in [5, 5.41) is 4.40. The highest BCUT2D eigenvalue weighted by atomic mass is 17.5. The lowest BCUT2D eigenvalue weighted by Gasteiger charge is -2.21. The van der Waals surface area contributed by atoms with Crippen molar-refractivity contribution in [1.82, 2.24) is 0 Å². The fourth-order valence-electron chi connectivity index (χ4n) is 1.01. The van der Waals surface area contributed by atoms with Crippen LogP contribution in [-0.2, 0) is 29.4 Å². The number of hydrogen-bond acceptors (Lipinski definition) is 6. The van der Waals surface area contributed by atoms with Gasteiger partial charge in [0, 0.05) is 6.42 Å². The molecule has 120 valence electrons.